The van der Waals surface area contributed by atoms with Crippen molar-refractivity contribution in [3.63, 3.8) is 0 Å². The van der Waals surface area contributed by atoms with Gasteiger partial charge in [0, 0.05) is 23.7 Å². The third-order valence-corrected chi connectivity index (χ3v) is 6.38. The largest absolute Gasteiger partial charge is 0.364 e. The molecular weight excluding hydrogens is 390 g/mol. The maximum atomic E-state index is 12.0. The first-order chi connectivity index (χ1) is 14.9. The van der Waals surface area contributed by atoms with E-state index in [0.29, 0.717) is 22.4 Å². The standard InChI is InChI=1S/C23H29N7O/c1-25-17-8-4-5-9-19(17)30(2,3)20-14-27-21(22(24)31)23(29-20)28-16-11-10-15-7-6-12-26-18(15)13-16/h6-7,10-14,17,19,25H,4-5,8-9H2,1-3H3,(H2-,24,26,28,29,31)/p+1. The number of hydrogen-bond donors (Lipinski definition) is 3. The molecule has 1 fully saturated rings. The van der Waals surface area contributed by atoms with Crippen LogP contribution in [0.4, 0.5) is 17.3 Å². The molecular formula is C23H30N7O+. The molecule has 1 aliphatic rings. The van der Waals surface area contributed by atoms with Crippen molar-refractivity contribution in [2.45, 2.75) is 37.8 Å². The highest BCUT2D eigenvalue weighted by Gasteiger charge is 2.40. The van der Waals surface area contributed by atoms with Crippen LogP contribution in [0.5, 0.6) is 0 Å². The average Bonchev–Trinajstić information content (AvgIpc) is 2.78. The first-order valence-corrected chi connectivity index (χ1v) is 10.7. The quantitative estimate of drug-likeness (QED) is 0.530. The summed E-state index contributed by atoms with van der Waals surface area (Å²) in [5.74, 6) is 0.540. The molecule has 0 bridgehead atoms. The Morgan fingerprint density at radius 3 is 2.74 bits per heavy atom. The number of pyridine rings is 1. The SMILES string of the molecule is CNC1CCCCC1[N+](C)(C)c1cnc(C(N)=O)c(Nc2ccc3cccnc3c2)n1. The molecule has 2 unspecified atom stereocenters. The number of amides is 1. The number of nitrogens with zero attached hydrogens (tertiary/aromatic N) is 4. The van der Waals surface area contributed by atoms with E-state index in [0.717, 1.165) is 35.2 Å². The number of hydrogen-bond acceptors (Lipinski definition) is 6. The summed E-state index contributed by atoms with van der Waals surface area (Å²) in [6.45, 7) is 0. The fourth-order valence-electron chi connectivity index (χ4n) is 4.60. The fraction of sp³-hybridized carbons (Fsp3) is 0.391. The topological polar surface area (TPSA) is 106 Å². The Labute approximate surface area is 182 Å². The smallest absolute Gasteiger partial charge is 0.271 e. The maximum absolute atomic E-state index is 12.0. The molecule has 0 aliphatic heterocycles. The summed E-state index contributed by atoms with van der Waals surface area (Å²) in [4.78, 5) is 25.7. The van der Waals surface area contributed by atoms with Crippen LogP contribution in [0.25, 0.3) is 10.9 Å². The lowest BCUT2D eigenvalue weighted by Crippen LogP contribution is -2.60. The van der Waals surface area contributed by atoms with E-state index >= 15 is 0 Å². The molecule has 0 spiro atoms. The molecule has 8 heteroatoms. The molecule has 1 saturated carbocycles. The lowest BCUT2D eigenvalue weighted by atomic mass is 9.88. The summed E-state index contributed by atoms with van der Waals surface area (Å²) >= 11 is 0. The highest BCUT2D eigenvalue weighted by Crippen LogP contribution is 2.32. The number of rotatable bonds is 6. The van der Waals surface area contributed by atoms with Gasteiger partial charge in [-0.3, -0.25) is 14.3 Å². The second-order valence-electron chi connectivity index (χ2n) is 8.61. The molecule has 8 nitrogen and oxygen atoms in total. The van der Waals surface area contributed by atoms with Crippen LogP contribution in [0, 0.1) is 0 Å². The normalized spacial score (nSPS) is 19.3. The Kier molecular flexibility index (Phi) is 5.84. The summed E-state index contributed by atoms with van der Waals surface area (Å²) in [5, 5.41) is 7.76. The van der Waals surface area contributed by atoms with Gasteiger partial charge in [-0.2, -0.15) is 4.98 Å². The molecule has 0 radical (unpaired) electrons. The van der Waals surface area contributed by atoms with Crippen LogP contribution < -0.4 is 20.9 Å². The third-order valence-electron chi connectivity index (χ3n) is 6.38. The third kappa shape index (κ3) is 4.22. The summed E-state index contributed by atoms with van der Waals surface area (Å²) in [6, 6.07) is 10.5. The number of nitrogens with one attached hydrogen (secondary N) is 2. The zero-order chi connectivity index (χ0) is 22.0. The van der Waals surface area contributed by atoms with E-state index in [-0.39, 0.29) is 5.69 Å². The van der Waals surface area contributed by atoms with Crippen LogP contribution in [0.2, 0.25) is 0 Å². The van der Waals surface area contributed by atoms with Crippen LogP contribution in [0.15, 0.2) is 42.7 Å². The van der Waals surface area contributed by atoms with E-state index < -0.39 is 5.91 Å². The van der Waals surface area contributed by atoms with E-state index in [9.17, 15) is 4.79 Å². The highest BCUT2D eigenvalue weighted by atomic mass is 16.1. The van der Waals surface area contributed by atoms with Gasteiger partial charge in [-0.05, 0) is 38.1 Å². The average molecular weight is 421 g/mol. The van der Waals surface area contributed by atoms with Gasteiger partial charge in [-0.25, -0.2) is 4.98 Å². The monoisotopic (exact) mass is 420 g/mol. The van der Waals surface area contributed by atoms with Crippen molar-refractivity contribution in [3.8, 4) is 0 Å². The zero-order valence-electron chi connectivity index (χ0n) is 18.3. The minimum Gasteiger partial charge on any atom is -0.364 e. The second-order valence-corrected chi connectivity index (χ2v) is 8.61. The molecule has 0 saturated heterocycles. The molecule has 1 aliphatic carbocycles. The second kappa shape index (κ2) is 8.56. The number of carbonyl (C=O) groups is 1. The Morgan fingerprint density at radius 2 is 1.97 bits per heavy atom. The minimum atomic E-state index is -0.614. The van der Waals surface area contributed by atoms with Gasteiger partial charge in [0.2, 0.25) is 5.82 Å². The molecule has 1 amide bonds. The van der Waals surface area contributed by atoms with Crippen LogP contribution in [-0.2, 0) is 0 Å². The van der Waals surface area contributed by atoms with Crippen molar-refractivity contribution in [2.24, 2.45) is 5.73 Å². The molecule has 4 N–H and O–H groups in total. The molecule has 4 rings (SSSR count). The van der Waals surface area contributed by atoms with Crippen LogP contribution in [-0.4, -0.2) is 54.1 Å². The van der Waals surface area contributed by atoms with Gasteiger partial charge in [0.25, 0.3) is 5.91 Å². The van der Waals surface area contributed by atoms with Crippen molar-refractivity contribution in [3.05, 3.63) is 48.4 Å². The number of carbonyl (C=O) groups excluding carboxylic acids is 1. The van der Waals surface area contributed by atoms with Crippen LogP contribution in [0.1, 0.15) is 36.2 Å². The summed E-state index contributed by atoms with van der Waals surface area (Å²) in [7, 11) is 6.32. The number of aromatic nitrogens is 3. The van der Waals surface area contributed by atoms with Crippen molar-refractivity contribution >= 4 is 34.1 Å². The Hall–Kier alpha value is -3.10. The summed E-state index contributed by atoms with van der Waals surface area (Å²) in [5.41, 5.74) is 7.35. The minimum absolute atomic E-state index is 0.124. The molecule has 3 aromatic rings. The first-order valence-electron chi connectivity index (χ1n) is 10.7. The predicted octanol–water partition coefficient (Wildman–Crippen LogP) is 2.96. The van der Waals surface area contributed by atoms with E-state index in [1.54, 1.807) is 12.4 Å². The number of nitrogens with two attached hydrogens (primary N) is 1. The lowest BCUT2D eigenvalue weighted by molar-refractivity contribution is 0.0996. The van der Waals surface area contributed by atoms with Gasteiger partial charge >= 0.3 is 0 Å². The van der Waals surface area contributed by atoms with Crippen LogP contribution in [0.3, 0.4) is 0 Å². The van der Waals surface area contributed by atoms with Gasteiger partial charge in [0.15, 0.2) is 11.5 Å². The van der Waals surface area contributed by atoms with E-state index in [1.165, 1.54) is 12.8 Å². The number of primary amides is 1. The van der Waals surface area contributed by atoms with Gasteiger partial charge in [0.05, 0.1) is 25.7 Å². The summed E-state index contributed by atoms with van der Waals surface area (Å²) in [6.07, 6.45) is 8.11. The summed E-state index contributed by atoms with van der Waals surface area (Å²) < 4.78 is 0.575. The molecule has 162 valence electrons. The van der Waals surface area contributed by atoms with Gasteiger partial charge in [-0.15, -0.1) is 0 Å². The van der Waals surface area contributed by atoms with E-state index in [1.807, 2.05) is 37.4 Å². The molecule has 31 heavy (non-hydrogen) atoms. The van der Waals surface area contributed by atoms with Gasteiger partial charge in [0.1, 0.15) is 12.2 Å². The predicted molar refractivity (Wildman–Crippen MR) is 124 cm³/mol. The number of quaternary nitrogens is 1. The molecule has 2 aromatic heterocycles. The van der Waals surface area contributed by atoms with Gasteiger partial charge < -0.3 is 16.4 Å². The molecule has 1 aromatic carbocycles. The van der Waals surface area contributed by atoms with E-state index in [4.69, 9.17) is 10.7 Å². The Bertz CT molecular complexity index is 1100. The fourth-order valence-corrected chi connectivity index (χ4v) is 4.60. The first kappa shape index (κ1) is 21.1. The van der Waals surface area contributed by atoms with Crippen molar-refractivity contribution < 1.29 is 4.79 Å². The van der Waals surface area contributed by atoms with E-state index in [2.05, 4.69) is 34.7 Å². The number of anilines is 2. The molecule has 2 atom stereocenters. The number of likely N-dealkylation sites (N-methyl/N-ethyl adjacent to an activating group) is 2. The molecule has 2 heterocycles. The maximum Gasteiger partial charge on any atom is 0.271 e. The number of fused-ring (bicyclic) bond motifs is 1. The van der Waals surface area contributed by atoms with Gasteiger partial charge in [-0.1, -0.05) is 18.6 Å². The van der Waals surface area contributed by atoms with Crippen molar-refractivity contribution in [1.82, 2.24) is 24.8 Å². The van der Waals surface area contributed by atoms with Crippen molar-refractivity contribution in [2.75, 3.05) is 26.5 Å². The Morgan fingerprint density at radius 1 is 1.16 bits per heavy atom. The van der Waals surface area contributed by atoms with Crippen LogP contribution >= 0.6 is 0 Å². The van der Waals surface area contributed by atoms with Crippen molar-refractivity contribution in [1.29, 1.82) is 0 Å². The zero-order valence-corrected chi connectivity index (χ0v) is 18.3. The Balaban J connectivity index is 1.71. The highest BCUT2D eigenvalue weighted by molar-refractivity contribution is 5.96. The number of benzene rings is 1. The lowest BCUT2D eigenvalue weighted by Gasteiger charge is -2.43.